The van der Waals surface area contributed by atoms with Gasteiger partial charge in [-0.25, -0.2) is 0 Å². The maximum absolute atomic E-state index is 12.3. The van der Waals surface area contributed by atoms with E-state index in [1.807, 2.05) is 0 Å². The minimum atomic E-state index is -4.37. The molecule has 2 aromatic carbocycles. The molecule has 0 unspecified atom stereocenters. The average Bonchev–Trinajstić information content (AvgIpc) is 2.16. The number of benzene rings is 2. The van der Waals surface area contributed by atoms with Gasteiger partial charge in [-0.3, -0.25) is 5.11 Å². The fraction of sp³-hybridized carbons (Fsp3) is 0.0909. The molecule has 0 amide bonds. The van der Waals surface area contributed by atoms with E-state index in [9.17, 15) is 18.3 Å². The van der Waals surface area contributed by atoms with Gasteiger partial charge in [-0.2, -0.15) is 13.2 Å². The molecule has 0 aliphatic heterocycles. The summed E-state index contributed by atoms with van der Waals surface area (Å²) >= 11 is 0. The molecule has 0 saturated carbocycles. The van der Waals surface area contributed by atoms with Gasteiger partial charge in [-0.05, 0) is 29.7 Å². The predicted molar refractivity (Wildman–Crippen MR) is 49.1 cm³/mol. The summed E-state index contributed by atoms with van der Waals surface area (Å²) < 4.78 is 37.0. The normalized spacial score (nSPS) is 11.9. The van der Waals surface area contributed by atoms with Gasteiger partial charge in [0.1, 0.15) is 0 Å². The van der Waals surface area contributed by atoms with Crippen molar-refractivity contribution in [1.29, 1.82) is 0 Å². The van der Waals surface area contributed by atoms with E-state index < -0.39 is 11.7 Å². The van der Waals surface area contributed by atoms with Crippen molar-refractivity contribution in [2.24, 2.45) is 0 Å². The van der Waals surface area contributed by atoms with Gasteiger partial charge in [-0.15, -0.1) is 0 Å². The first-order valence-corrected chi connectivity index (χ1v) is 4.25. The van der Waals surface area contributed by atoms with Crippen molar-refractivity contribution in [1.82, 2.24) is 0 Å². The highest BCUT2D eigenvalue weighted by Crippen LogP contribution is 2.33. The minimum Gasteiger partial charge on any atom is -0.289 e. The van der Waals surface area contributed by atoms with E-state index in [4.69, 9.17) is 0 Å². The Hall–Kier alpha value is -1.71. The van der Waals surface area contributed by atoms with Gasteiger partial charge in [0, 0.05) is 5.39 Å². The molecule has 1 radical (unpaired) electrons. The second-order valence-corrected chi connectivity index (χ2v) is 3.19. The van der Waals surface area contributed by atoms with Gasteiger partial charge in [-0.1, -0.05) is 12.1 Å². The van der Waals surface area contributed by atoms with Crippen LogP contribution in [-0.2, 0) is 11.3 Å². The molecule has 0 bridgehead atoms. The minimum absolute atomic E-state index is 0.263. The van der Waals surface area contributed by atoms with Gasteiger partial charge < -0.3 is 0 Å². The molecule has 0 spiro atoms. The summed E-state index contributed by atoms with van der Waals surface area (Å²) in [6.07, 6.45) is -4.37. The second-order valence-electron chi connectivity index (χ2n) is 3.19. The number of hydrogen-bond donors (Lipinski definition) is 0. The molecule has 0 saturated heterocycles. The molecule has 2 aromatic rings. The van der Waals surface area contributed by atoms with Crippen LogP contribution in [0, 0.1) is 0 Å². The molecule has 0 fully saturated rings. The number of alkyl halides is 3. The third kappa shape index (κ3) is 1.75. The van der Waals surface area contributed by atoms with Crippen LogP contribution in [0.4, 0.5) is 13.2 Å². The largest absolute Gasteiger partial charge is 0.416 e. The standard InChI is InChI=1S/C11H6F3O/c12-11(13,14)8-4-5-9-7(6-8)2-1-3-10(9)15/h1-6H. The van der Waals surface area contributed by atoms with E-state index in [0.29, 0.717) is 10.8 Å². The zero-order valence-corrected chi connectivity index (χ0v) is 7.51. The fourth-order valence-corrected chi connectivity index (χ4v) is 1.43. The zero-order chi connectivity index (χ0) is 11.1. The van der Waals surface area contributed by atoms with Crippen LogP contribution in [0.1, 0.15) is 5.56 Å². The van der Waals surface area contributed by atoms with E-state index in [0.717, 1.165) is 12.1 Å². The SMILES string of the molecule is [O]c1cccc2cc(C(F)(F)F)ccc12. The van der Waals surface area contributed by atoms with Crippen LogP contribution in [0.5, 0.6) is 5.75 Å². The molecule has 2 rings (SSSR count). The summed E-state index contributed by atoms with van der Waals surface area (Å²) in [4.78, 5) is 0. The second kappa shape index (κ2) is 3.15. The van der Waals surface area contributed by atoms with Gasteiger partial charge >= 0.3 is 6.18 Å². The molecule has 4 heteroatoms. The molecule has 0 aliphatic carbocycles. The maximum Gasteiger partial charge on any atom is 0.416 e. The number of rotatable bonds is 0. The van der Waals surface area contributed by atoms with Gasteiger partial charge in [0.2, 0.25) is 0 Å². The summed E-state index contributed by atoms with van der Waals surface area (Å²) in [7, 11) is 0. The van der Waals surface area contributed by atoms with Crippen molar-refractivity contribution < 1.29 is 18.3 Å². The van der Waals surface area contributed by atoms with Gasteiger partial charge in [0.25, 0.3) is 0 Å². The zero-order valence-electron chi connectivity index (χ0n) is 7.51. The van der Waals surface area contributed by atoms with Crippen LogP contribution in [0.3, 0.4) is 0 Å². The average molecular weight is 211 g/mol. The van der Waals surface area contributed by atoms with Crippen molar-refractivity contribution >= 4 is 10.8 Å². The molecule has 0 heterocycles. The topological polar surface area (TPSA) is 19.9 Å². The van der Waals surface area contributed by atoms with Gasteiger partial charge in [0.05, 0.1) is 5.56 Å². The Morgan fingerprint density at radius 3 is 2.40 bits per heavy atom. The highest BCUT2D eigenvalue weighted by molar-refractivity contribution is 5.88. The summed E-state index contributed by atoms with van der Waals surface area (Å²) in [6, 6.07) is 7.38. The lowest BCUT2D eigenvalue weighted by Gasteiger charge is -2.07. The van der Waals surface area contributed by atoms with Crippen molar-refractivity contribution in [2.75, 3.05) is 0 Å². The molecule has 0 atom stereocenters. The Labute approximate surface area is 83.8 Å². The number of halogens is 3. The Morgan fingerprint density at radius 2 is 1.73 bits per heavy atom. The first-order valence-electron chi connectivity index (χ1n) is 4.25. The Balaban J connectivity index is 2.68. The van der Waals surface area contributed by atoms with E-state index >= 15 is 0 Å². The van der Waals surface area contributed by atoms with Crippen LogP contribution in [-0.4, -0.2) is 0 Å². The summed E-state index contributed by atoms with van der Waals surface area (Å²) in [6.45, 7) is 0. The lowest BCUT2D eigenvalue weighted by atomic mass is 10.1. The summed E-state index contributed by atoms with van der Waals surface area (Å²) in [5.74, 6) is -0.263. The summed E-state index contributed by atoms with van der Waals surface area (Å²) in [5, 5.41) is 11.9. The van der Waals surface area contributed by atoms with Crippen LogP contribution >= 0.6 is 0 Å². The van der Waals surface area contributed by atoms with Crippen molar-refractivity contribution in [3.8, 4) is 5.75 Å². The van der Waals surface area contributed by atoms with E-state index in [-0.39, 0.29) is 5.75 Å². The third-order valence-electron chi connectivity index (χ3n) is 2.17. The first-order chi connectivity index (χ1) is 6.98. The van der Waals surface area contributed by atoms with Crippen LogP contribution in [0.2, 0.25) is 0 Å². The Bertz CT molecular complexity index is 503. The lowest BCUT2D eigenvalue weighted by molar-refractivity contribution is -0.137. The molecule has 77 valence electrons. The first kappa shape index (κ1) is 9.83. The predicted octanol–water partition coefficient (Wildman–Crippen LogP) is 4.00. The van der Waals surface area contributed by atoms with E-state index in [2.05, 4.69) is 0 Å². The monoisotopic (exact) mass is 211 g/mol. The number of fused-ring (bicyclic) bond motifs is 1. The third-order valence-corrected chi connectivity index (χ3v) is 2.17. The molecule has 0 N–H and O–H groups in total. The van der Waals surface area contributed by atoms with E-state index in [1.54, 1.807) is 0 Å². The number of hydrogen-bond acceptors (Lipinski definition) is 0. The smallest absolute Gasteiger partial charge is 0.289 e. The molecule has 1 nitrogen and oxygen atoms in total. The van der Waals surface area contributed by atoms with Crippen LogP contribution in [0.15, 0.2) is 36.4 Å². The molecular weight excluding hydrogens is 205 g/mol. The van der Waals surface area contributed by atoms with Crippen LogP contribution < -0.4 is 0 Å². The van der Waals surface area contributed by atoms with Crippen molar-refractivity contribution in [3.05, 3.63) is 42.0 Å². The quantitative estimate of drug-likeness (QED) is 0.627. The maximum atomic E-state index is 12.3. The van der Waals surface area contributed by atoms with Crippen molar-refractivity contribution in [3.63, 3.8) is 0 Å². The highest BCUT2D eigenvalue weighted by atomic mass is 19.4. The fourth-order valence-electron chi connectivity index (χ4n) is 1.43. The van der Waals surface area contributed by atoms with Gasteiger partial charge in [0.15, 0.2) is 5.75 Å². The molecule has 0 aromatic heterocycles. The molecule has 15 heavy (non-hydrogen) atoms. The summed E-state index contributed by atoms with van der Waals surface area (Å²) in [5.41, 5.74) is -0.736. The highest BCUT2D eigenvalue weighted by Gasteiger charge is 2.30. The lowest BCUT2D eigenvalue weighted by Crippen LogP contribution is -2.04. The van der Waals surface area contributed by atoms with Crippen molar-refractivity contribution in [2.45, 2.75) is 6.18 Å². The molecule has 0 aliphatic rings. The Kier molecular flexibility index (Phi) is 2.07. The van der Waals surface area contributed by atoms with Crippen LogP contribution in [0.25, 0.3) is 10.8 Å². The van der Waals surface area contributed by atoms with E-state index in [1.165, 1.54) is 24.3 Å². The Morgan fingerprint density at radius 1 is 1.00 bits per heavy atom. The molecular formula is C11H6F3O.